The van der Waals surface area contributed by atoms with Crippen LogP contribution < -0.4 is 4.74 Å². The van der Waals surface area contributed by atoms with Gasteiger partial charge in [0.2, 0.25) is 0 Å². The van der Waals surface area contributed by atoms with Gasteiger partial charge in [0.05, 0.1) is 20.6 Å². The lowest BCUT2D eigenvalue weighted by Gasteiger charge is -2.30. The molecule has 0 aromatic heterocycles. The molecule has 0 aliphatic rings. The normalized spacial score (nSPS) is 12.3. The number of aryl methyl sites for hydroxylation is 1. The van der Waals surface area contributed by atoms with Crippen LogP contribution in [0.15, 0.2) is 54.6 Å². The van der Waals surface area contributed by atoms with Gasteiger partial charge in [-0.3, -0.25) is 4.79 Å². The third-order valence-electron chi connectivity index (χ3n) is 7.18. The lowest BCUT2D eigenvalue weighted by atomic mass is 10.0. The minimum atomic E-state index is -0.162. The zero-order valence-corrected chi connectivity index (χ0v) is 24.8. The minimum absolute atomic E-state index is 0.128. The first-order valence-corrected chi connectivity index (χ1v) is 15.2. The van der Waals surface area contributed by atoms with Gasteiger partial charge in [0.15, 0.2) is 0 Å². The molecule has 0 radical (unpaired) electrons. The predicted octanol–water partition coefficient (Wildman–Crippen LogP) is 8.52. The summed E-state index contributed by atoms with van der Waals surface area (Å²) in [5.74, 6) is 0.797. The molecular weight excluding hydrogens is 470 g/mol. The van der Waals surface area contributed by atoms with Crippen LogP contribution in [0.4, 0.5) is 0 Å². The molecule has 0 heterocycles. The van der Waals surface area contributed by atoms with E-state index in [1.807, 2.05) is 19.1 Å². The zero-order chi connectivity index (χ0) is 27.5. The first kappa shape index (κ1) is 31.9. The number of benzene rings is 2. The first-order chi connectivity index (χ1) is 18.4. The van der Waals surface area contributed by atoms with Crippen molar-refractivity contribution < 1.29 is 18.8 Å². The molecule has 2 aromatic carbocycles. The second kappa shape index (κ2) is 18.8. The van der Waals surface area contributed by atoms with Gasteiger partial charge in [0, 0.05) is 12.0 Å². The summed E-state index contributed by atoms with van der Waals surface area (Å²) < 4.78 is 12.6. The maximum absolute atomic E-state index is 12.3. The van der Waals surface area contributed by atoms with Crippen molar-refractivity contribution in [3.8, 4) is 5.75 Å². The van der Waals surface area contributed by atoms with E-state index in [9.17, 15) is 4.79 Å². The molecule has 2 aromatic rings. The molecule has 2 rings (SSSR count). The van der Waals surface area contributed by atoms with Crippen molar-refractivity contribution in [1.82, 2.24) is 0 Å². The van der Waals surface area contributed by atoms with Crippen molar-refractivity contribution in [2.24, 2.45) is 0 Å². The number of carbonyl (C=O) groups excluding carboxylic acids is 1. The fraction of sp³-hybridized carbons (Fsp3) is 0.618. The van der Waals surface area contributed by atoms with Crippen LogP contribution >= 0.6 is 0 Å². The van der Waals surface area contributed by atoms with Gasteiger partial charge in [-0.2, -0.15) is 0 Å². The van der Waals surface area contributed by atoms with Crippen LogP contribution in [0.3, 0.4) is 0 Å². The highest BCUT2D eigenvalue weighted by Crippen LogP contribution is 2.22. The Labute approximate surface area is 233 Å². The average Bonchev–Trinajstić information content (AvgIpc) is 2.90. The summed E-state index contributed by atoms with van der Waals surface area (Å²) in [5.41, 5.74) is 2.60. The summed E-state index contributed by atoms with van der Waals surface area (Å²) in [6.07, 6.45) is 15.2. The molecule has 4 heteroatoms. The highest BCUT2D eigenvalue weighted by atomic mass is 16.6. The van der Waals surface area contributed by atoms with Gasteiger partial charge in [0.1, 0.15) is 25.0 Å². The van der Waals surface area contributed by atoms with E-state index in [0.717, 1.165) is 42.6 Å². The standard InChI is InChI=1S/C34H54NO3/c1-5-6-7-8-9-10-11-12-16-23-32-24-17-18-25-33(32)38-30(2)29-37-34(36)26-19-20-27-35(3,4)28-31-21-14-13-15-22-31/h13-15,17-18,21-22,24-25,30H,5-12,16,19-20,23,26-29H2,1-4H3/q+1. The summed E-state index contributed by atoms with van der Waals surface area (Å²) in [4.78, 5) is 12.3. The SMILES string of the molecule is CCCCCCCCCCCc1ccccc1OC(C)COC(=O)CCCC[N+](C)(C)Cc1ccccc1. The molecule has 1 unspecified atom stereocenters. The van der Waals surface area contributed by atoms with Gasteiger partial charge >= 0.3 is 5.97 Å². The van der Waals surface area contributed by atoms with Crippen molar-refractivity contribution in [2.75, 3.05) is 27.2 Å². The lowest BCUT2D eigenvalue weighted by molar-refractivity contribution is -0.903. The number of para-hydroxylation sites is 1. The number of carbonyl (C=O) groups is 1. The van der Waals surface area contributed by atoms with Crippen LogP contribution in [0.5, 0.6) is 5.75 Å². The average molecular weight is 525 g/mol. The Bertz CT molecular complexity index is 880. The highest BCUT2D eigenvalue weighted by molar-refractivity contribution is 5.69. The van der Waals surface area contributed by atoms with Gasteiger partial charge in [-0.05, 0) is 44.2 Å². The van der Waals surface area contributed by atoms with Crippen LogP contribution in [0.2, 0.25) is 0 Å². The van der Waals surface area contributed by atoms with Crippen molar-refractivity contribution in [3.63, 3.8) is 0 Å². The van der Waals surface area contributed by atoms with E-state index in [4.69, 9.17) is 9.47 Å². The minimum Gasteiger partial charge on any atom is -0.487 e. The molecular formula is C34H54NO3+. The molecule has 38 heavy (non-hydrogen) atoms. The van der Waals surface area contributed by atoms with Gasteiger partial charge in [-0.15, -0.1) is 0 Å². The second-order valence-corrected chi connectivity index (χ2v) is 11.6. The Balaban J connectivity index is 1.59. The number of ether oxygens (including phenoxy) is 2. The maximum atomic E-state index is 12.3. The van der Waals surface area contributed by atoms with Gasteiger partial charge in [-0.1, -0.05) is 107 Å². The Morgan fingerprint density at radius 1 is 0.789 bits per heavy atom. The smallest absolute Gasteiger partial charge is 0.305 e. The number of rotatable bonds is 21. The fourth-order valence-electron chi connectivity index (χ4n) is 4.95. The Kier molecular flexibility index (Phi) is 15.8. The fourth-order valence-corrected chi connectivity index (χ4v) is 4.95. The molecule has 0 N–H and O–H groups in total. The number of nitrogens with zero attached hydrogens (tertiary/aromatic N) is 1. The van der Waals surface area contributed by atoms with E-state index in [0.29, 0.717) is 13.0 Å². The highest BCUT2D eigenvalue weighted by Gasteiger charge is 2.16. The zero-order valence-electron chi connectivity index (χ0n) is 24.8. The summed E-state index contributed by atoms with van der Waals surface area (Å²) >= 11 is 0. The second-order valence-electron chi connectivity index (χ2n) is 11.6. The number of hydrogen-bond acceptors (Lipinski definition) is 3. The molecule has 0 saturated carbocycles. The molecule has 0 spiro atoms. The predicted molar refractivity (Wildman–Crippen MR) is 159 cm³/mol. The third-order valence-corrected chi connectivity index (χ3v) is 7.18. The molecule has 0 saturated heterocycles. The lowest BCUT2D eigenvalue weighted by Crippen LogP contribution is -2.39. The monoisotopic (exact) mass is 524 g/mol. The first-order valence-electron chi connectivity index (χ1n) is 15.2. The molecule has 0 aliphatic heterocycles. The van der Waals surface area contributed by atoms with Gasteiger partial charge in [-0.25, -0.2) is 0 Å². The van der Waals surface area contributed by atoms with Crippen LogP contribution in [0.1, 0.15) is 102 Å². The van der Waals surface area contributed by atoms with Crippen LogP contribution in [-0.2, 0) is 22.5 Å². The largest absolute Gasteiger partial charge is 0.487 e. The Morgan fingerprint density at radius 2 is 1.42 bits per heavy atom. The summed E-state index contributed by atoms with van der Waals surface area (Å²) in [6.45, 7) is 6.58. The van der Waals surface area contributed by atoms with E-state index < -0.39 is 0 Å². The summed E-state index contributed by atoms with van der Waals surface area (Å²) in [6, 6.07) is 18.9. The summed E-state index contributed by atoms with van der Waals surface area (Å²) in [7, 11) is 4.50. The molecule has 0 bridgehead atoms. The molecule has 4 nitrogen and oxygen atoms in total. The number of hydrogen-bond donors (Lipinski definition) is 0. The third kappa shape index (κ3) is 14.6. The van der Waals surface area contributed by atoms with E-state index in [1.165, 1.54) is 68.9 Å². The molecule has 0 amide bonds. The van der Waals surface area contributed by atoms with E-state index in [-0.39, 0.29) is 12.1 Å². The van der Waals surface area contributed by atoms with Crippen LogP contribution in [0, 0.1) is 0 Å². The Hall–Kier alpha value is -2.33. The van der Waals surface area contributed by atoms with Crippen molar-refractivity contribution in [2.45, 2.75) is 110 Å². The summed E-state index contributed by atoms with van der Waals surface area (Å²) in [5, 5.41) is 0. The number of unbranched alkanes of at least 4 members (excludes halogenated alkanes) is 9. The van der Waals surface area contributed by atoms with E-state index >= 15 is 0 Å². The van der Waals surface area contributed by atoms with Gasteiger partial charge in [0.25, 0.3) is 0 Å². The van der Waals surface area contributed by atoms with Gasteiger partial charge < -0.3 is 14.0 Å². The molecule has 0 fully saturated rings. The molecule has 0 aliphatic carbocycles. The maximum Gasteiger partial charge on any atom is 0.305 e. The quantitative estimate of drug-likeness (QED) is 0.0932. The van der Waals surface area contributed by atoms with E-state index in [1.54, 1.807) is 0 Å². The van der Waals surface area contributed by atoms with Crippen molar-refractivity contribution in [3.05, 3.63) is 65.7 Å². The molecule has 212 valence electrons. The van der Waals surface area contributed by atoms with Crippen molar-refractivity contribution >= 4 is 5.97 Å². The topological polar surface area (TPSA) is 35.5 Å². The Morgan fingerprint density at radius 3 is 2.13 bits per heavy atom. The van der Waals surface area contributed by atoms with Crippen molar-refractivity contribution in [1.29, 1.82) is 0 Å². The van der Waals surface area contributed by atoms with E-state index in [2.05, 4.69) is 63.5 Å². The number of quaternary nitrogens is 1. The molecule has 1 atom stereocenters. The van der Waals surface area contributed by atoms with Crippen LogP contribution in [-0.4, -0.2) is 43.8 Å². The van der Waals surface area contributed by atoms with Crippen LogP contribution in [0.25, 0.3) is 0 Å². The number of esters is 1.